The number of para-hydroxylation sites is 1. The number of nitrogens with zero attached hydrogens (tertiary/aromatic N) is 1. The molecule has 0 bridgehead atoms. The second-order valence-corrected chi connectivity index (χ2v) is 6.02. The van der Waals surface area contributed by atoms with Crippen LogP contribution in [0.15, 0.2) is 71.5 Å². The van der Waals surface area contributed by atoms with Crippen molar-refractivity contribution in [2.75, 3.05) is 11.1 Å². The molecule has 0 amide bonds. The number of nitrogen functional groups attached to an aromatic ring is 1. The summed E-state index contributed by atoms with van der Waals surface area (Å²) in [4.78, 5) is 12.7. The SMILES string of the molecule is C=c1[nH]n(-c2ccccc2)c(=O)c1=CNc1cccc2c(N)cccc12. The number of rotatable bonds is 3. The molecule has 0 aliphatic heterocycles. The Morgan fingerprint density at radius 2 is 1.69 bits per heavy atom. The van der Waals surface area contributed by atoms with Crippen LogP contribution < -0.4 is 27.2 Å². The molecular weight excluding hydrogens is 324 g/mol. The average molecular weight is 342 g/mol. The van der Waals surface area contributed by atoms with Gasteiger partial charge in [0.15, 0.2) is 0 Å². The van der Waals surface area contributed by atoms with E-state index in [2.05, 4.69) is 17.0 Å². The summed E-state index contributed by atoms with van der Waals surface area (Å²) in [5.41, 5.74) is 8.24. The van der Waals surface area contributed by atoms with Crippen LogP contribution in [0, 0.1) is 0 Å². The number of hydrogen-bond donors (Lipinski definition) is 3. The molecule has 0 spiro atoms. The third-order valence-electron chi connectivity index (χ3n) is 4.35. The monoisotopic (exact) mass is 342 g/mol. The first-order chi connectivity index (χ1) is 12.6. The number of aromatic nitrogens is 2. The number of nitrogens with one attached hydrogen (secondary N) is 2. The molecule has 4 N–H and O–H groups in total. The van der Waals surface area contributed by atoms with Crippen LogP contribution in [0.5, 0.6) is 0 Å². The molecule has 0 unspecified atom stereocenters. The van der Waals surface area contributed by atoms with E-state index in [0.29, 0.717) is 10.6 Å². The third-order valence-corrected chi connectivity index (χ3v) is 4.35. The maximum Gasteiger partial charge on any atom is 0.280 e. The Bertz CT molecular complexity index is 1250. The molecule has 0 radical (unpaired) electrons. The minimum atomic E-state index is -0.159. The molecule has 0 atom stereocenters. The molecule has 4 rings (SSSR count). The van der Waals surface area contributed by atoms with Crippen molar-refractivity contribution in [2.45, 2.75) is 0 Å². The highest BCUT2D eigenvalue weighted by Crippen LogP contribution is 2.27. The second kappa shape index (κ2) is 6.29. The zero-order valence-corrected chi connectivity index (χ0v) is 14.1. The molecule has 5 heteroatoms. The summed E-state index contributed by atoms with van der Waals surface area (Å²) >= 11 is 0. The lowest BCUT2D eigenvalue weighted by molar-refractivity contribution is 0.838. The number of hydrogen-bond acceptors (Lipinski definition) is 3. The number of aromatic amines is 1. The summed E-state index contributed by atoms with van der Waals surface area (Å²) in [6, 6.07) is 21.0. The Balaban J connectivity index is 1.80. The van der Waals surface area contributed by atoms with E-state index in [9.17, 15) is 4.79 Å². The van der Waals surface area contributed by atoms with Gasteiger partial charge in [-0.2, -0.15) is 0 Å². The van der Waals surface area contributed by atoms with Crippen molar-refractivity contribution in [1.29, 1.82) is 0 Å². The molecule has 0 aliphatic carbocycles. The molecule has 0 saturated heterocycles. The molecule has 0 fully saturated rings. The quantitative estimate of drug-likeness (QED) is 0.500. The first kappa shape index (κ1) is 15.8. The predicted molar refractivity (Wildman–Crippen MR) is 108 cm³/mol. The summed E-state index contributed by atoms with van der Waals surface area (Å²) in [7, 11) is 0. The lowest BCUT2D eigenvalue weighted by atomic mass is 10.1. The Hall–Kier alpha value is -3.73. The van der Waals surface area contributed by atoms with Crippen molar-refractivity contribution >= 4 is 34.9 Å². The van der Waals surface area contributed by atoms with Crippen LogP contribution in [0.1, 0.15) is 0 Å². The number of anilines is 2. The molecule has 0 aliphatic rings. The van der Waals surface area contributed by atoms with E-state index in [-0.39, 0.29) is 5.56 Å². The largest absolute Gasteiger partial charge is 0.398 e. The van der Waals surface area contributed by atoms with Gasteiger partial charge >= 0.3 is 0 Å². The van der Waals surface area contributed by atoms with Gasteiger partial charge in [-0.1, -0.05) is 49.0 Å². The molecule has 128 valence electrons. The number of fused-ring (bicyclic) bond motifs is 1. The van der Waals surface area contributed by atoms with Crippen molar-refractivity contribution in [2.24, 2.45) is 0 Å². The summed E-state index contributed by atoms with van der Waals surface area (Å²) in [5, 5.41) is 9.23. The summed E-state index contributed by atoms with van der Waals surface area (Å²) in [6.07, 6.45) is 1.68. The van der Waals surface area contributed by atoms with Gasteiger partial charge in [0.2, 0.25) is 0 Å². The van der Waals surface area contributed by atoms with Crippen molar-refractivity contribution < 1.29 is 0 Å². The topological polar surface area (TPSA) is 75.8 Å². The van der Waals surface area contributed by atoms with Crippen LogP contribution in [-0.2, 0) is 0 Å². The number of benzene rings is 3. The van der Waals surface area contributed by atoms with Crippen LogP contribution in [0.4, 0.5) is 11.4 Å². The second-order valence-electron chi connectivity index (χ2n) is 6.02. The lowest BCUT2D eigenvalue weighted by Crippen LogP contribution is -2.34. The Labute approximate surface area is 149 Å². The van der Waals surface area contributed by atoms with Crippen LogP contribution in [0.25, 0.3) is 29.2 Å². The minimum Gasteiger partial charge on any atom is -0.398 e. The molecule has 26 heavy (non-hydrogen) atoms. The molecule has 3 aromatic carbocycles. The van der Waals surface area contributed by atoms with Gasteiger partial charge in [-0.15, -0.1) is 0 Å². The Morgan fingerprint density at radius 3 is 2.50 bits per heavy atom. The van der Waals surface area contributed by atoms with Gasteiger partial charge in [-0.3, -0.25) is 9.89 Å². The zero-order chi connectivity index (χ0) is 18.1. The van der Waals surface area contributed by atoms with Gasteiger partial charge in [-0.05, 0) is 24.3 Å². The third kappa shape index (κ3) is 2.65. The van der Waals surface area contributed by atoms with Gasteiger partial charge in [-0.25, -0.2) is 4.68 Å². The van der Waals surface area contributed by atoms with Crippen molar-refractivity contribution in [3.8, 4) is 5.69 Å². The summed E-state index contributed by atoms with van der Waals surface area (Å²) < 4.78 is 1.48. The molecule has 4 aromatic rings. The fourth-order valence-corrected chi connectivity index (χ4v) is 3.01. The van der Waals surface area contributed by atoms with E-state index in [1.807, 2.05) is 66.7 Å². The van der Waals surface area contributed by atoms with E-state index in [1.54, 1.807) is 6.20 Å². The van der Waals surface area contributed by atoms with Crippen LogP contribution in [0.3, 0.4) is 0 Å². The maximum atomic E-state index is 12.7. The Kier molecular flexibility index (Phi) is 3.82. The number of nitrogens with two attached hydrogens (primary N) is 1. The zero-order valence-electron chi connectivity index (χ0n) is 14.1. The van der Waals surface area contributed by atoms with Gasteiger partial charge < -0.3 is 11.1 Å². The van der Waals surface area contributed by atoms with Gasteiger partial charge in [0, 0.05) is 28.3 Å². The average Bonchev–Trinajstić information content (AvgIpc) is 2.95. The first-order valence-corrected chi connectivity index (χ1v) is 8.24. The highest BCUT2D eigenvalue weighted by atomic mass is 16.1. The van der Waals surface area contributed by atoms with Gasteiger partial charge in [0.25, 0.3) is 5.56 Å². The molecule has 0 saturated carbocycles. The molecular formula is C21H18N4O. The van der Waals surface area contributed by atoms with E-state index >= 15 is 0 Å². The van der Waals surface area contributed by atoms with Crippen molar-refractivity contribution in [1.82, 2.24) is 9.78 Å². The highest BCUT2D eigenvalue weighted by molar-refractivity contribution is 6.01. The predicted octanol–water partition coefficient (Wildman–Crippen LogP) is 2.16. The number of H-pyrrole nitrogens is 1. The van der Waals surface area contributed by atoms with E-state index in [4.69, 9.17) is 5.73 Å². The van der Waals surface area contributed by atoms with E-state index < -0.39 is 0 Å². The standard InChI is InChI=1S/C21H18N4O/c1-14-18(21(26)25(24-14)15-7-3-2-4-8-15)13-23-20-12-6-9-16-17(20)10-5-11-19(16)22/h2-13,23-24H,1,22H2. The maximum absolute atomic E-state index is 12.7. The fourth-order valence-electron chi connectivity index (χ4n) is 3.01. The summed E-state index contributed by atoms with van der Waals surface area (Å²) in [5.74, 6) is 0. The van der Waals surface area contributed by atoms with Crippen molar-refractivity contribution in [3.05, 3.63) is 87.7 Å². The van der Waals surface area contributed by atoms with Crippen LogP contribution in [-0.4, -0.2) is 9.78 Å². The fraction of sp³-hybridized carbons (Fsp3) is 0. The highest BCUT2D eigenvalue weighted by Gasteiger charge is 2.05. The Morgan fingerprint density at radius 1 is 0.962 bits per heavy atom. The normalized spacial score (nSPS) is 11.8. The molecule has 5 nitrogen and oxygen atoms in total. The van der Waals surface area contributed by atoms with Crippen molar-refractivity contribution in [3.63, 3.8) is 0 Å². The van der Waals surface area contributed by atoms with Crippen LogP contribution in [0.2, 0.25) is 0 Å². The molecule has 1 aromatic heterocycles. The smallest absolute Gasteiger partial charge is 0.280 e. The van der Waals surface area contributed by atoms with Gasteiger partial charge in [0.1, 0.15) is 0 Å². The molecule has 1 heterocycles. The van der Waals surface area contributed by atoms with Gasteiger partial charge in [0.05, 0.1) is 16.3 Å². The summed E-state index contributed by atoms with van der Waals surface area (Å²) in [6.45, 7) is 3.95. The van der Waals surface area contributed by atoms with E-state index in [1.165, 1.54) is 4.68 Å². The minimum absolute atomic E-state index is 0.159. The first-order valence-electron chi connectivity index (χ1n) is 8.24. The lowest BCUT2D eigenvalue weighted by Gasteiger charge is -2.07. The van der Waals surface area contributed by atoms with E-state index in [0.717, 1.165) is 27.8 Å². The van der Waals surface area contributed by atoms with Crippen LogP contribution >= 0.6 is 0 Å².